The molecule has 1 amide bonds. The Morgan fingerprint density at radius 3 is 1.24 bits per heavy atom. The van der Waals surface area contributed by atoms with Gasteiger partial charge in [-0.3, -0.25) is 9.59 Å². The summed E-state index contributed by atoms with van der Waals surface area (Å²) < 4.78 is 10.9. The van der Waals surface area contributed by atoms with E-state index in [0.29, 0.717) is 19.6 Å². The van der Waals surface area contributed by atoms with Gasteiger partial charge in [-0.25, -0.2) is 4.79 Å². The minimum Gasteiger partial charge on any atom is -0.466 e. The van der Waals surface area contributed by atoms with Crippen LogP contribution in [0.5, 0.6) is 0 Å². The number of hydrogen-bond acceptors (Lipinski definition) is 7. The van der Waals surface area contributed by atoms with Crippen LogP contribution in [0.15, 0.2) is 0 Å². The fourth-order valence-electron chi connectivity index (χ4n) is 6.39. The van der Waals surface area contributed by atoms with Crippen LogP contribution in [0.25, 0.3) is 0 Å². The molecule has 0 saturated heterocycles. The maximum absolute atomic E-state index is 12.9. The molecule has 2 unspecified atom stereocenters. The molecule has 50 heavy (non-hydrogen) atoms. The van der Waals surface area contributed by atoms with Crippen LogP contribution in [0.3, 0.4) is 0 Å². The van der Waals surface area contributed by atoms with Crippen molar-refractivity contribution in [1.29, 1.82) is 0 Å². The van der Waals surface area contributed by atoms with Gasteiger partial charge in [0.05, 0.1) is 25.7 Å². The summed E-state index contributed by atoms with van der Waals surface area (Å²) >= 11 is 0. The normalized spacial score (nSPS) is 12.5. The molecule has 5 N–H and O–H groups in total. The smallest absolute Gasteiger partial charge is 0.329 e. The van der Waals surface area contributed by atoms with Gasteiger partial charge in [0.15, 0.2) is 0 Å². The molecule has 0 spiro atoms. The number of nitrogens with two attached hydrogens (primary N) is 2. The highest BCUT2D eigenvalue weighted by Gasteiger charge is 2.28. The Bertz CT molecular complexity index is 766. The van der Waals surface area contributed by atoms with Gasteiger partial charge in [-0.2, -0.15) is 0 Å². The monoisotopic (exact) mass is 710 g/mol. The van der Waals surface area contributed by atoms with Crippen LogP contribution in [0, 0.1) is 0 Å². The van der Waals surface area contributed by atoms with Gasteiger partial charge in [-0.05, 0) is 32.2 Å². The average Bonchev–Trinajstić information content (AvgIpc) is 3.11. The molecule has 0 radical (unpaired) electrons. The minimum absolute atomic E-state index is 0.253. The zero-order chi connectivity index (χ0) is 36.8. The number of carbonyl (C=O) groups excluding carboxylic acids is 3. The number of ether oxygens (including phenoxy) is 2. The molecule has 0 aliphatic rings. The standard InChI is InChI=1S/C42H83N3O5/c1-3-5-7-9-11-13-15-17-19-21-23-25-27-31-35-49-40(46)37-39(45-41(47)38(44)33-29-30-34-43)42(48)50-36-32-28-26-24-22-20-18-16-14-12-10-8-6-4-2/h38-39H,3-37,43-44H2,1-2H3,(H,45,47). The maximum Gasteiger partial charge on any atom is 0.329 e. The summed E-state index contributed by atoms with van der Waals surface area (Å²) in [6.45, 7) is 5.66. The molecule has 0 aliphatic carbocycles. The van der Waals surface area contributed by atoms with Crippen molar-refractivity contribution in [3.63, 3.8) is 0 Å². The van der Waals surface area contributed by atoms with Gasteiger partial charge in [0.2, 0.25) is 5.91 Å². The van der Waals surface area contributed by atoms with Gasteiger partial charge in [0.1, 0.15) is 6.04 Å². The Morgan fingerprint density at radius 1 is 0.500 bits per heavy atom. The van der Waals surface area contributed by atoms with Gasteiger partial charge in [0.25, 0.3) is 0 Å². The van der Waals surface area contributed by atoms with Crippen LogP contribution < -0.4 is 16.8 Å². The third-order valence-corrected chi connectivity index (χ3v) is 9.78. The Hall–Kier alpha value is -1.67. The lowest BCUT2D eigenvalue weighted by molar-refractivity contribution is -0.154. The molecule has 0 aliphatic heterocycles. The van der Waals surface area contributed by atoms with E-state index in [0.717, 1.165) is 51.4 Å². The van der Waals surface area contributed by atoms with Crippen LogP contribution in [0.1, 0.15) is 219 Å². The first-order chi connectivity index (χ1) is 24.5. The lowest BCUT2D eigenvalue weighted by atomic mass is 10.0. The van der Waals surface area contributed by atoms with Gasteiger partial charge >= 0.3 is 11.9 Å². The van der Waals surface area contributed by atoms with Crippen molar-refractivity contribution in [1.82, 2.24) is 5.32 Å². The molecule has 8 heteroatoms. The highest BCUT2D eigenvalue weighted by molar-refractivity contribution is 5.90. The fourth-order valence-corrected chi connectivity index (χ4v) is 6.39. The van der Waals surface area contributed by atoms with Gasteiger partial charge in [0, 0.05) is 0 Å². The first-order valence-electron chi connectivity index (χ1n) is 21.5. The highest BCUT2D eigenvalue weighted by Crippen LogP contribution is 2.15. The fraction of sp³-hybridized carbons (Fsp3) is 0.929. The van der Waals surface area contributed by atoms with E-state index in [1.807, 2.05) is 0 Å². The summed E-state index contributed by atoms with van der Waals surface area (Å²) in [5, 5.41) is 2.66. The molecular formula is C42H83N3O5. The number of rotatable bonds is 39. The second-order valence-electron chi connectivity index (χ2n) is 14.7. The zero-order valence-corrected chi connectivity index (χ0v) is 33.1. The molecule has 2 atom stereocenters. The molecular weight excluding hydrogens is 626 g/mol. The number of esters is 2. The molecule has 0 aromatic heterocycles. The molecule has 0 saturated carbocycles. The van der Waals surface area contributed by atoms with Crippen molar-refractivity contribution >= 4 is 17.8 Å². The highest BCUT2D eigenvalue weighted by atomic mass is 16.5. The summed E-state index contributed by atoms with van der Waals surface area (Å²) in [7, 11) is 0. The number of unbranched alkanes of at least 4 members (excludes halogenated alkanes) is 27. The molecule has 0 fully saturated rings. The number of hydrogen-bond donors (Lipinski definition) is 3. The number of amides is 1. The van der Waals surface area contributed by atoms with Crippen molar-refractivity contribution in [2.75, 3.05) is 19.8 Å². The topological polar surface area (TPSA) is 134 Å². The summed E-state index contributed by atoms with van der Waals surface area (Å²) in [6, 6.07) is -1.87. The van der Waals surface area contributed by atoms with Crippen molar-refractivity contribution < 1.29 is 23.9 Å². The van der Waals surface area contributed by atoms with E-state index in [1.54, 1.807) is 0 Å². The number of nitrogens with one attached hydrogen (secondary N) is 1. The first-order valence-corrected chi connectivity index (χ1v) is 21.5. The molecule has 0 aromatic rings. The quantitative estimate of drug-likeness (QED) is 0.0427. The van der Waals surface area contributed by atoms with E-state index in [9.17, 15) is 14.4 Å². The van der Waals surface area contributed by atoms with Crippen LogP contribution in [0.4, 0.5) is 0 Å². The Morgan fingerprint density at radius 2 is 0.860 bits per heavy atom. The summed E-state index contributed by atoms with van der Waals surface area (Å²) in [6.07, 6.45) is 36.9. The molecule has 0 rings (SSSR count). The lowest BCUT2D eigenvalue weighted by Crippen LogP contribution is -2.49. The van der Waals surface area contributed by atoms with Gasteiger partial charge in [-0.15, -0.1) is 0 Å². The maximum atomic E-state index is 12.9. The minimum atomic E-state index is -1.10. The van der Waals surface area contributed by atoms with E-state index in [2.05, 4.69) is 19.2 Å². The lowest BCUT2D eigenvalue weighted by Gasteiger charge is -2.19. The third-order valence-electron chi connectivity index (χ3n) is 9.78. The van der Waals surface area contributed by atoms with Crippen LogP contribution in [-0.4, -0.2) is 49.7 Å². The van der Waals surface area contributed by atoms with Crippen molar-refractivity contribution in [3.05, 3.63) is 0 Å². The second kappa shape index (κ2) is 38.6. The van der Waals surface area contributed by atoms with Crippen LogP contribution >= 0.6 is 0 Å². The SMILES string of the molecule is CCCCCCCCCCCCCCCCOC(=O)CC(NC(=O)C(N)CCCCN)C(=O)OCCCCCCCCCCCCCCCC. The summed E-state index contributed by atoms with van der Waals surface area (Å²) in [5.41, 5.74) is 11.6. The molecule has 0 bridgehead atoms. The predicted molar refractivity (Wildman–Crippen MR) is 210 cm³/mol. The molecule has 296 valence electrons. The van der Waals surface area contributed by atoms with Gasteiger partial charge in [-0.1, -0.05) is 187 Å². The second-order valence-corrected chi connectivity index (χ2v) is 14.7. The first kappa shape index (κ1) is 48.3. The van der Waals surface area contributed by atoms with E-state index in [1.165, 1.54) is 141 Å². The predicted octanol–water partition coefficient (Wildman–Crippen LogP) is 10.4. The Balaban J connectivity index is 4.23. The summed E-state index contributed by atoms with van der Waals surface area (Å²) in [5.74, 6) is -1.56. The molecule has 0 aromatic carbocycles. The zero-order valence-electron chi connectivity index (χ0n) is 33.1. The number of carbonyl (C=O) groups is 3. The largest absolute Gasteiger partial charge is 0.466 e. The van der Waals surface area contributed by atoms with Crippen LogP contribution in [-0.2, 0) is 23.9 Å². The van der Waals surface area contributed by atoms with E-state index >= 15 is 0 Å². The van der Waals surface area contributed by atoms with E-state index in [4.69, 9.17) is 20.9 Å². The Labute approximate surface area is 309 Å². The van der Waals surface area contributed by atoms with Gasteiger partial charge < -0.3 is 26.3 Å². The van der Waals surface area contributed by atoms with Crippen LogP contribution in [0.2, 0.25) is 0 Å². The van der Waals surface area contributed by atoms with E-state index in [-0.39, 0.29) is 13.0 Å². The van der Waals surface area contributed by atoms with E-state index < -0.39 is 29.9 Å². The summed E-state index contributed by atoms with van der Waals surface area (Å²) in [4.78, 5) is 38.3. The van der Waals surface area contributed by atoms with Crippen molar-refractivity contribution in [3.8, 4) is 0 Å². The van der Waals surface area contributed by atoms with Crippen molar-refractivity contribution in [2.24, 2.45) is 11.5 Å². The Kier molecular flexibility index (Phi) is 37.3. The third kappa shape index (κ3) is 33.5. The average molecular weight is 710 g/mol. The molecule has 8 nitrogen and oxygen atoms in total. The molecule has 0 heterocycles. The van der Waals surface area contributed by atoms with Crippen molar-refractivity contribution in [2.45, 2.75) is 231 Å².